The van der Waals surface area contributed by atoms with Crippen LogP contribution in [0.15, 0.2) is 18.3 Å². The molecule has 1 N–H and O–H groups in total. The van der Waals surface area contributed by atoms with Gasteiger partial charge in [0.1, 0.15) is 11.3 Å². The van der Waals surface area contributed by atoms with E-state index in [4.69, 9.17) is 4.74 Å². The van der Waals surface area contributed by atoms with Crippen LogP contribution in [0.1, 0.15) is 48.1 Å². The van der Waals surface area contributed by atoms with Gasteiger partial charge in [-0.05, 0) is 26.8 Å². The predicted octanol–water partition coefficient (Wildman–Crippen LogP) is 1.30. The number of aryl methyl sites for hydroxylation is 1. The molecule has 8 nitrogen and oxygen atoms in total. The molecule has 1 saturated heterocycles. The molecule has 2 aromatic heterocycles. The summed E-state index contributed by atoms with van der Waals surface area (Å²) in [5.74, 6) is 0.244. The number of ether oxygens (including phenoxy) is 1. The maximum Gasteiger partial charge on any atom is 0.254 e. The molecule has 0 bridgehead atoms. The number of amides is 1. The number of nitrogens with zero attached hydrogens (tertiary/aromatic N) is 5. The van der Waals surface area contributed by atoms with Crippen LogP contribution in [0.2, 0.25) is 0 Å². The van der Waals surface area contributed by atoms with Gasteiger partial charge in [0.25, 0.3) is 5.91 Å². The van der Waals surface area contributed by atoms with Crippen LogP contribution >= 0.6 is 0 Å². The van der Waals surface area contributed by atoms with Crippen molar-refractivity contribution in [2.75, 3.05) is 20.2 Å². The number of likely N-dealkylation sites (tertiary alicyclic amines) is 1. The number of hydrogen-bond acceptors (Lipinski definition) is 6. The summed E-state index contributed by atoms with van der Waals surface area (Å²) < 4.78 is 6.83. The fourth-order valence-corrected chi connectivity index (χ4v) is 2.97. The van der Waals surface area contributed by atoms with Crippen molar-refractivity contribution in [3.63, 3.8) is 0 Å². The third-order valence-corrected chi connectivity index (χ3v) is 4.44. The Bertz CT molecular complexity index is 788. The number of β-amino-alcohol motifs (C(OH)–C–C–N with tert-alkyl or cyclic N) is 1. The maximum absolute atomic E-state index is 12.8. The molecule has 1 amide bonds. The number of methoxy groups -OCH3 is 1. The predicted molar refractivity (Wildman–Crippen MR) is 90.4 cm³/mol. The van der Waals surface area contributed by atoms with Gasteiger partial charge < -0.3 is 14.7 Å². The molecule has 0 aliphatic carbocycles. The number of aromatic nitrogens is 4. The molecule has 25 heavy (non-hydrogen) atoms. The Balaban J connectivity index is 1.79. The molecule has 1 aliphatic heterocycles. The second kappa shape index (κ2) is 6.44. The summed E-state index contributed by atoms with van der Waals surface area (Å²) in [7, 11) is 1.52. The average Bonchev–Trinajstić information content (AvgIpc) is 3.21. The lowest BCUT2D eigenvalue weighted by atomic mass is 10.00. The molecule has 3 rings (SSSR count). The molecule has 0 unspecified atom stereocenters. The summed E-state index contributed by atoms with van der Waals surface area (Å²) >= 11 is 0. The Labute approximate surface area is 146 Å². The van der Waals surface area contributed by atoms with Gasteiger partial charge in [0.2, 0.25) is 5.88 Å². The minimum Gasteiger partial charge on any atom is -0.481 e. The van der Waals surface area contributed by atoms with E-state index < -0.39 is 5.60 Å². The Kier molecular flexibility index (Phi) is 4.47. The lowest BCUT2D eigenvalue weighted by Gasteiger charge is -2.21. The molecule has 1 atom stereocenters. The van der Waals surface area contributed by atoms with Gasteiger partial charge in [-0.15, -0.1) is 5.10 Å². The standard InChI is InChI=1S/C17H23N5O3/c1-11(2)22-9-14(19-20-22)17(24)5-6-21(10-17)16(23)13-7-12(3)18-15(8-13)25-4/h7-9,11,24H,5-6,10H2,1-4H3/t17-/m1/s1. The topological polar surface area (TPSA) is 93.4 Å². The first-order chi connectivity index (χ1) is 11.8. The summed E-state index contributed by atoms with van der Waals surface area (Å²) in [4.78, 5) is 18.6. The Hall–Kier alpha value is -2.48. The van der Waals surface area contributed by atoms with Gasteiger partial charge in [0, 0.05) is 36.3 Å². The van der Waals surface area contributed by atoms with Crippen LogP contribution in [-0.2, 0) is 5.60 Å². The minimum absolute atomic E-state index is 0.157. The van der Waals surface area contributed by atoms with Crippen molar-refractivity contribution in [1.82, 2.24) is 24.9 Å². The molecular weight excluding hydrogens is 322 g/mol. The van der Waals surface area contributed by atoms with Crippen molar-refractivity contribution >= 4 is 5.91 Å². The quantitative estimate of drug-likeness (QED) is 0.898. The molecule has 0 saturated carbocycles. The number of aliphatic hydroxyl groups is 1. The molecule has 1 aliphatic rings. The largest absolute Gasteiger partial charge is 0.481 e. The highest BCUT2D eigenvalue weighted by atomic mass is 16.5. The number of rotatable bonds is 4. The van der Waals surface area contributed by atoms with Crippen molar-refractivity contribution in [2.24, 2.45) is 0 Å². The minimum atomic E-state index is -1.17. The van der Waals surface area contributed by atoms with Crippen LogP contribution in [0.5, 0.6) is 5.88 Å². The van der Waals surface area contributed by atoms with E-state index in [-0.39, 0.29) is 18.5 Å². The Morgan fingerprint density at radius 2 is 2.16 bits per heavy atom. The molecule has 0 spiro atoms. The fourth-order valence-electron chi connectivity index (χ4n) is 2.97. The molecule has 8 heteroatoms. The SMILES string of the molecule is COc1cc(C(=O)N2CC[C@](O)(c3cn(C(C)C)nn3)C2)cc(C)n1. The monoisotopic (exact) mass is 345 g/mol. The van der Waals surface area contributed by atoms with Gasteiger partial charge >= 0.3 is 0 Å². The average molecular weight is 345 g/mol. The summed E-state index contributed by atoms with van der Waals surface area (Å²) in [5.41, 5.74) is 0.533. The van der Waals surface area contributed by atoms with Crippen LogP contribution in [0.4, 0.5) is 0 Å². The second-order valence-electron chi connectivity index (χ2n) is 6.73. The van der Waals surface area contributed by atoms with E-state index in [1.807, 2.05) is 20.8 Å². The normalized spacial score (nSPS) is 20.3. The number of carbonyl (C=O) groups is 1. The highest BCUT2D eigenvalue weighted by Gasteiger charge is 2.42. The van der Waals surface area contributed by atoms with E-state index in [0.29, 0.717) is 35.8 Å². The lowest BCUT2D eigenvalue weighted by Crippen LogP contribution is -2.34. The summed E-state index contributed by atoms with van der Waals surface area (Å²) in [6, 6.07) is 3.50. The first-order valence-corrected chi connectivity index (χ1v) is 8.29. The van der Waals surface area contributed by atoms with Crippen LogP contribution in [0.25, 0.3) is 0 Å². The summed E-state index contributed by atoms with van der Waals surface area (Å²) in [6.07, 6.45) is 2.18. The third-order valence-electron chi connectivity index (χ3n) is 4.44. The lowest BCUT2D eigenvalue weighted by molar-refractivity contribution is 0.0381. The maximum atomic E-state index is 12.8. The molecule has 134 valence electrons. The first kappa shape index (κ1) is 17.3. The van der Waals surface area contributed by atoms with Gasteiger partial charge in [-0.3, -0.25) is 4.79 Å². The van der Waals surface area contributed by atoms with E-state index >= 15 is 0 Å². The number of pyridine rings is 1. The Morgan fingerprint density at radius 3 is 2.80 bits per heavy atom. The second-order valence-corrected chi connectivity index (χ2v) is 6.73. The van der Waals surface area contributed by atoms with E-state index in [2.05, 4.69) is 15.3 Å². The first-order valence-electron chi connectivity index (χ1n) is 8.29. The van der Waals surface area contributed by atoms with Crippen LogP contribution in [-0.4, -0.2) is 56.1 Å². The Morgan fingerprint density at radius 1 is 1.40 bits per heavy atom. The third kappa shape index (κ3) is 3.34. The molecule has 0 radical (unpaired) electrons. The van der Waals surface area contributed by atoms with Crippen LogP contribution < -0.4 is 4.74 Å². The summed E-state index contributed by atoms with van der Waals surface area (Å²) in [5, 5.41) is 19.1. The van der Waals surface area contributed by atoms with Gasteiger partial charge in [0.05, 0.1) is 19.9 Å². The number of carbonyl (C=O) groups excluding carboxylic acids is 1. The highest BCUT2D eigenvalue weighted by molar-refractivity contribution is 5.94. The van der Waals surface area contributed by atoms with Gasteiger partial charge in [0.15, 0.2) is 0 Å². The van der Waals surface area contributed by atoms with Crippen LogP contribution in [0.3, 0.4) is 0 Å². The molecule has 2 aromatic rings. The highest BCUT2D eigenvalue weighted by Crippen LogP contribution is 2.32. The van der Waals surface area contributed by atoms with Crippen molar-refractivity contribution < 1.29 is 14.6 Å². The van der Waals surface area contributed by atoms with E-state index in [9.17, 15) is 9.90 Å². The van der Waals surface area contributed by atoms with E-state index in [0.717, 1.165) is 0 Å². The van der Waals surface area contributed by atoms with Gasteiger partial charge in [-0.1, -0.05) is 5.21 Å². The zero-order valence-electron chi connectivity index (χ0n) is 14.9. The molecular formula is C17H23N5O3. The molecule has 3 heterocycles. The van der Waals surface area contributed by atoms with E-state index in [1.165, 1.54) is 7.11 Å². The van der Waals surface area contributed by atoms with Crippen molar-refractivity contribution in [1.29, 1.82) is 0 Å². The molecule has 0 aromatic carbocycles. The van der Waals surface area contributed by atoms with Crippen molar-refractivity contribution in [3.8, 4) is 5.88 Å². The van der Waals surface area contributed by atoms with Gasteiger partial charge in [-0.2, -0.15) is 0 Å². The van der Waals surface area contributed by atoms with Crippen molar-refractivity contribution in [2.45, 2.75) is 38.8 Å². The van der Waals surface area contributed by atoms with E-state index in [1.54, 1.807) is 27.9 Å². The van der Waals surface area contributed by atoms with Gasteiger partial charge in [-0.25, -0.2) is 9.67 Å². The summed E-state index contributed by atoms with van der Waals surface area (Å²) in [6.45, 7) is 6.43. The van der Waals surface area contributed by atoms with Crippen molar-refractivity contribution in [3.05, 3.63) is 35.3 Å². The fraction of sp³-hybridized carbons (Fsp3) is 0.529. The zero-order valence-corrected chi connectivity index (χ0v) is 14.9. The number of hydrogen-bond donors (Lipinski definition) is 1. The smallest absolute Gasteiger partial charge is 0.254 e. The molecule has 1 fully saturated rings. The zero-order chi connectivity index (χ0) is 18.2. The van der Waals surface area contributed by atoms with Crippen LogP contribution in [0, 0.1) is 6.92 Å².